The van der Waals surface area contributed by atoms with E-state index in [0.717, 1.165) is 29.7 Å². The van der Waals surface area contributed by atoms with E-state index in [1.165, 1.54) is 12.1 Å². The van der Waals surface area contributed by atoms with Gasteiger partial charge in [0.1, 0.15) is 17.4 Å². The number of aromatic nitrogens is 3. The summed E-state index contributed by atoms with van der Waals surface area (Å²) in [6.07, 6.45) is 2.45. The minimum absolute atomic E-state index is 0.0424. The summed E-state index contributed by atoms with van der Waals surface area (Å²) in [4.78, 5) is 21.2. The Morgan fingerprint density at radius 3 is 2.67 bits per heavy atom. The molecule has 5 rings (SSSR count). The molecule has 156 valence electrons. The van der Waals surface area contributed by atoms with Gasteiger partial charge in [0.15, 0.2) is 11.5 Å². The van der Waals surface area contributed by atoms with Crippen molar-refractivity contribution in [1.82, 2.24) is 19.9 Å². The fraction of sp³-hybridized carbons (Fsp3) is 0.409. The van der Waals surface area contributed by atoms with Crippen molar-refractivity contribution >= 4 is 16.9 Å². The highest BCUT2D eigenvalue weighted by Crippen LogP contribution is 2.42. The summed E-state index contributed by atoms with van der Waals surface area (Å²) in [5.41, 5.74) is 2.90. The Balaban J connectivity index is 1.61. The fourth-order valence-electron chi connectivity index (χ4n) is 4.13. The van der Waals surface area contributed by atoms with Crippen LogP contribution in [0.2, 0.25) is 0 Å². The smallest absolute Gasteiger partial charge is 0.241 e. The van der Waals surface area contributed by atoms with Gasteiger partial charge in [0.25, 0.3) is 0 Å². The highest BCUT2D eigenvalue weighted by Gasteiger charge is 2.32. The molecule has 8 heteroatoms. The molecule has 1 aliphatic carbocycles. The van der Waals surface area contributed by atoms with Crippen LogP contribution < -0.4 is 10.1 Å². The molecule has 3 aromatic rings. The van der Waals surface area contributed by atoms with E-state index in [0.29, 0.717) is 36.1 Å². The Morgan fingerprint density at radius 1 is 1.20 bits per heavy atom. The van der Waals surface area contributed by atoms with Crippen LogP contribution in [0.25, 0.3) is 22.3 Å². The van der Waals surface area contributed by atoms with Gasteiger partial charge in [0, 0.05) is 30.5 Å². The molecule has 3 heterocycles. The number of pyridine rings is 1. The Morgan fingerprint density at radius 2 is 2.00 bits per heavy atom. The average Bonchev–Trinajstić information content (AvgIpc) is 3.35. The van der Waals surface area contributed by atoms with Crippen LogP contribution in [-0.4, -0.2) is 43.3 Å². The van der Waals surface area contributed by atoms with E-state index in [2.05, 4.69) is 9.88 Å². The van der Waals surface area contributed by atoms with Crippen molar-refractivity contribution in [3.63, 3.8) is 0 Å². The number of fused-ring (bicyclic) bond motifs is 1. The number of imidazole rings is 1. The van der Waals surface area contributed by atoms with E-state index in [1.807, 2.05) is 19.9 Å². The van der Waals surface area contributed by atoms with Crippen molar-refractivity contribution in [3.8, 4) is 28.6 Å². The van der Waals surface area contributed by atoms with Gasteiger partial charge in [-0.05, 0) is 51.0 Å². The number of hydrogen-bond donors (Lipinski definition) is 3. The first kappa shape index (κ1) is 18.7. The second-order valence-electron chi connectivity index (χ2n) is 8.24. The van der Waals surface area contributed by atoms with Crippen LogP contribution in [-0.2, 0) is 4.79 Å². The second-order valence-corrected chi connectivity index (χ2v) is 8.24. The van der Waals surface area contributed by atoms with Crippen LogP contribution in [0.15, 0.2) is 24.3 Å². The van der Waals surface area contributed by atoms with E-state index >= 15 is 0 Å². The molecular weight excluding hydrogens is 384 g/mol. The zero-order valence-electron chi connectivity index (χ0n) is 16.9. The molecule has 3 N–H and O–H groups in total. The van der Waals surface area contributed by atoms with Crippen LogP contribution in [0.5, 0.6) is 17.4 Å². The third-order valence-electron chi connectivity index (χ3n) is 5.97. The van der Waals surface area contributed by atoms with Gasteiger partial charge in [-0.1, -0.05) is 0 Å². The van der Waals surface area contributed by atoms with Gasteiger partial charge in [0.2, 0.25) is 11.8 Å². The van der Waals surface area contributed by atoms with Crippen molar-refractivity contribution in [3.05, 3.63) is 30.1 Å². The van der Waals surface area contributed by atoms with Crippen LogP contribution >= 0.6 is 0 Å². The fourth-order valence-corrected chi connectivity index (χ4v) is 4.13. The molecular formula is C22H24N4O4. The standard InChI is InChI=1S/C22H24N4O4/c1-11(14-8-20(29)23-10-14)30-22-21-17(24-12(2)26(21)15-4-5-15)9-16(25-22)13-3-6-18(27)19(28)7-13/h3,6-7,9,11,14-15,27-28H,4-5,8,10H2,1-2H3,(H,23,29)/t11-,14-/m1/s1. The van der Waals surface area contributed by atoms with E-state index < -0.39 is 0 Å². The molecule has 0 spiro atoms. The molecule has 2 aliphatic rings. The third-order valence-corrected chi connectivity index (χ3v) is 5.97. The molecule has 0 radical (unpaired) electrons. The molecule has 8 nitrogen and oxygen atoms in total. The number of amides is 1. The van der Waals surface area contributed by atoms with E-state index in [1.54, 1.807) is 6.07 Å². The summed E-state index contributed by atoms with van der Waals surface area (Å²) < 4.78 is 8.53. The van der Waals surface area contributed by atoms with Crippen molar-refractivity contribution in [2.45, 2.75) is 45.3 Å². The first-order valence-corrected chi connectivity index (χ1v) is 10.3. The van der Waals surface area contributed by atoms with Gasteiger partial charge < -0.3 is 24.8 Å². The number of carbonyl (C=O) groups is 1. The summed E-state index contributed by atoms with van der Waals surface area (Å²) in [5, 5.41) is 22.4. The molecule has 1 saturated heterocycles. The topological polar surface area (TPSA) is 110 Å². The number of ether oxygens (including phenoxy) is 1. The summed E-state index contributed by atoms with van der Waals surface area (Å²) in [6.45, 7) is 4.54. The van der Waals surface area contributed by atoms with Crippen molar-refractivity contribution in [1.29, 1.82) is 0 Å². The minimum atomic E-state index is -0.208. The van der Waals surface area contributed by atoms with Gasteiger partial charge in [0.05, 0.1) is 11.2 Å². The Kier molecular flexibility index (Phi) is 4.30. The van der Waals surface area contributed by atoms with Gasteiger partial charge >= 0.3 is 0 Å². The summed E-state index contributed by atoms with van der Waals surface area (Å²) >= 11 is 0. The lowest BCUT2D eigenvalue weighted by Crippen LogP contribution is -2.26. The Bertz CT molecular complexity index is 1150. The number of nitrogens with zero attached hydrogens (tertiary/aromatic N) is 3. The molecule has 0 unspecified atom stereocenters. The molecule has 1 amide bonds. The van der Waals surface area contributed by atoms with E-state index in [4.69, 9.17) is 14.7 Å². The normalized spacial score (nSPS) is 19.8. The minimum Gasteiger partial charge on any atom is -0.504 e. The summed E-state index contributed by atoms with van der Waals surface area (Å²) in [6, 6.07) is 6.89. The number of nitrogens with one attached hydrogen (secondary N) is 1. The number of carbonyl (C=O) groups excluding carboxylic acids is 1. The van der Waals surface area contributed by atoms with E-state index in [9.17, 15) is 15.0 Å². The average molecular weight is 408 g/mol. The van der Waals surface area contributed by atoms with Gasteiger partial charge in [-0.25, -0.2) is 9.97 Å². The molecule has 1 aliphatic heterocycles. The first-order valence-electron chi connectivity index (χ1n) is 10.3. The zero-order valence-corrected chi connectivity index (χ0v) is 16.9. The van der Waals surface area contributed by atoms with E-state index in [-0.39, 0.29) is 29.4 Å². The van der Waals surface area contributed by atoms with Crippen LogP contribution in [0, 0.1) is 12.8 Å². The maximum absolute atomic E-state index is 11.6. The zero-order chi connectivity index (χ0) is 21.0. The summed E-state index contributed by atoms with van der Waals surface area (Å²) in [5.74, 6) is 1.12. The number of hydrogen-bond acceptors (Lipinski definition) is 6. The monoisotopic (exact) mass is 408 g/mol. The molecule has 2 fully saturated rings. The van der Waals surface area contributed by atoms with Gasteiger partial charge in [-0.3, -0.25) is 4.79 Å². The van der Waals surface area contributed by atoms with Crippen LogP contribution in [0.4, 0.5) is 0 Å². The highest BCUT2D eigenvalue weighted by atomic mass is 16.5. The Labute approximate surface area is 173 Å². The third kappa shape index (κ3) is 3.22. The summed E-state index contributed by atoms with van der Waals surface area (Å²) in [7, 11) is 0. The predicted molar refractivity (Wildman–Crippen MR) is 111 cm³/mol. The van der Waals surface area contributed by atoms with Gasteiger partial charge in [-0.15, -0.1) is 0 Å². The maximum atomic E-state index is 11.6. The lowest BCUT2D eigenvalue weighted by molar-refractivity contribution is -0.119. The quantitative estimate of drug-likeness (QED) is 0.560. The Hall–Kier alpha value is -3.29. The molecule has 2 atom stereocenters. The number of phenolic OH excluding ortho intramolecular Hbond substituents is 2. The molecule has 2 aromatic heterocycles. The van der Waals surface area contributed by atoms with Crippen LogP contribution in [0.1, 0.15) is 38.1 Å². The van der Waals surface area contributed by atoms with Crippen LogP contribution in [0.3, 0.4) is 0 Å². The second kappa shape index (κ2) is 6.90. The lowest BCUT2D eigenvalue weighted by Gasteiger charge is -2.20. The van der Waals surface area contributed by atoms with Crippen molar-refractivity contribution in [2.24, 2.45) is 5.92 Å². The molecule has 30 heavy (non-hydrogen) atoms. The maximum Gasteiger partial charge on any atom is 0.241 e. The highest BCUT2D eigenvalue weighted by molar-refractivity contribution is 5.86. The predicted octanol–water partition coefficient (Wildman–Crippen LogP) is 3.06. The first-order chi connectivity index (χ1) is 14.4. The number of aryl methyl sites for hydroxylation is 1. The van der Waals surface area contributed by atoms with Crippen molar-refractivity contribution < 1.29 is 19.7 Å². The van der Waals surface area contributed by atoms with Crippen molar-refractivity contribution in [2.75, 3.05) is 6.54 Å². The molecule has 0 bridgehead atoms. The SMILES string of the molecule is Cc1nc2cc(-c3ccc(O)c(O)c3)nc(O[C@H](C)[C@H]3CNC(=O)C3)c2n1C1CC1. The number of rotatable bonds is 5. The lowest BCUT2D eigenvalue weighted by atomic mass is 10.0. The molecule has 1 aromatic carbocycles. The largest absolute Gasteiger partial charge is 0.504 e. The van der Waals surface area contributed by atoms with Gasteiger partial charge in [-0.2, -0.15) is 0 Å². The number of benzene rings is 1. The molecule has 1 saturated carbocycles. The number of phenols is 2. The number of aromatic hydroxyl groups is 2.